The summed E-state index contributed by atoms with van der Waals surface area (Å²) in [6, 6.07) is 9.53. The summed E-state index contributed by atoms with van der Waals surface area (Å²) < 4.78 is 0. The molecule has 2 rings (SSSR count). The number of hydrogen-bond acceptors (Lipinski definition) is 1. The van der Waals surface area contributed by atoms with Crippen molar-refractivity contribution in [1.29, 1.82) is 0 Å². The van der Waals surface area contributed by atoms with Crippen LogP contribution in [0.25, 0.3) is 0 Å². The highest BCUT2D eigenvalue weighted by Crippen LogP contribution is 2.18. The minimum Gasteiger partial charge on any atom is -0.310 e. The quantitative estimate of drug-likeness (QED) is 0.770. The molecule has 1 aliphatic carbocycles. The fourth-order valence-corrected chi connectivity index (χ4v) is 2.21. The molecule has 1 aromatic carbocycles. The van der Waals surface area contributed by atoms with Crippen LogP contribution in [0.2, 0.25) is 0 Å². The SMILES string of the molecule is Cc1cccc(CNC2CCCC2)c1. The summed E-state index contributed by atoms with van der Waals surface area (Å²) in [7, 11) is 0. The lowest BCUT2D eigenvalue weighted by molar-refractivity contribution is 0.524. The van der Waals surface area contributed by atoms with Crippen molar-refractivity contribution in [3.63, 3.8) is 0 Å². The molecule has 0 aliphatic heterocycles. The van der Waals surface area contributed by atoms with Gasteiger partial charge < -0.3 is 5.32 Å². The summed E-state index contributed by atoms with van der Waals surface area (Å²) in [5, 5.41) is 3.63. The average Bonchev–Trinajstić information content (AvgIpc) is 2.67. The molecule has 0 aromatic heterocycles. The van der Waals surface area contributed by atoms with Crippen LogP contribution in [0.1, 0.15) is 36.8 Å². The standard InChI is InChI=1S/C13H19N/c1-11-5-4-6-12(9-11)10-14-13-7-2-3-8-13/h4-6,9,13-14H,2-3,7-8,10H2,1H3. The maximum atomic E-state index is 3.63. The van der Waals surface area contributed by atoms with E-state index in [1.54, 1.807) is 0 Å². The summed E-state index contributed by atoms with van der Waals surface area (Å²) in [5.74, 6) is 0. The van der Waals surface area contributed by atoms with Gasteiger partial charge in [0.25, 0.3) is 0 Å². The number of rotatable bonds is 3. The fraction of sp³-hybridized carbons (Fsp3) is 0.538. The number of benzene rings is 1. The van der Waals surface area contributed by atoms with Crippen LogP contribution in [-0.4, -0.2) is 6.04 Å². The Kier molecular flexibility index (Phi) is 3.20. The van der Waals surface area contributed by atoms with E-state index in [2.05, 4.69) is 36.5 Å². The molecular formula is C13H19N. The topological polar surface area (TPSA) is 12.0 Å². The third kappa shape index (κ3) is 2.58. The van der Waals surface area contributed by atoms with E-state index in [0.29, 0.717) is 0 Å². The first kappa shape index (κ1) is 9.72. The Balaban J connectivity index is 1.85. The average molecular weight is 189 g/mol. The molecule has 76 valence electrons. The van der Waals surface area contributed by atoms with E-state index in [0.717, 1.165) is 12.6 Å². The molecule has 0 saturated heterocycles. The maximum absolute atomic E-state index is 3.63. The molecule has 1 aromatic rings. The predicted octanol–water partition coefficient (Wildman–Crippen LogP) is 3.03. The molecule has 1 N–H and O–H groups in total. The van der Waals surface area contributed by atoms with Gasteiger partial charge in [0.1, 0.15) is 0 Å². The minimum atomic E-state index is 0.774. The van der Waals surface area contributed by atoms with Gasteiger partial charge in [0.05, 0.1) is 0 Å². The van der Waals surface area contributed by atoms with Crippen LogP contribution in [0.4, 0.5) is 0 Å². The molecule has 1 fully saturated rings. The van der Waals surface area contributed by atoms with Crippen LogP contribution in [0.3, 0.4) is 0 Å². The lowest BCUT2D eigenvalue weighted by atomic mass is 10.1. The third-order valence-electron chi connectivity index (χ3n) is 3.03. The first-order valence-corrected chi connectivity index (χ1v) is 5.63. The van der Waals surface area contributed by atoms with Gasteiger partial charge in [0.2, 0.25) is 0 Å². The van der Waals surface area contributed by atoms with Crippen molar-refractivity contribution in [2.24, 2.45) is 0 Å². The predicted molar refractivity (Wildman–Crippen MR) is 60.3 cm³/mol. The van der Waals surface area contributed by atoms with Crippen molar-refractivity contribution in [2.45, 2.75) is 45.2 Å². The highest BCUT2D eigenvalue weighted by Gasteiger charge is 2.13. The maximum Gasteiger partial charge on any atom is 0.0208 e. The van der Waals surface area contributed by atoms with Crippen molar-refractivity contribution in [1.82, 2.24) is 5.32 Å². The van der Waals surface area contributed by atoms with Crippen LogP contribution in [-0.2, 0) is 6.54 Å². The summed E-state index contributed by atoms with van der Waals surface area (Å²) >= 11 is 0. The number of aryl methyl sites for hydroxylation is 1. The Bertz CT molecular complexity index is 287. The number of hydrogen-bond donors (Lipinski definition) is 1. The molecule has 0 spiro atoms. The summed E-state index contributed by atoms with van der Waals surface area (Å²) in [6.07, 6.45) is 5.55. The molecule has 14 heavy (non-hydrogen) atoms. The Morgan fingerprint density at radius 2 is 2.07 bits per heavy atom. The second-order valence-electron chi connectivity index (χ2n) is 4.35. The summed E-state index contributed by atoms with van der Waals surface area (Å²) in [6.45, 7) is 3.19. The van der Waals surface area contributed by atoms with Crippen LogP contribution < -0.4 is 5.32 Å². The van der Waals surface area contributed by atoms with Gasteiger partial charge in [-0.05, 0) is 25.3 Å². The van der Waals surface area contributed by atoms with E-state index in [1.807, 2.05) is 0 Å². The zero-order chi connectivity index (χ0) is 9.80. The number of nitrogens with one attached hydrogen (secondary N) is 1. The van der Waals surface area contributed by atoms with Gasteiger partial charge >= 0.3 is 0 Å². The van der Waals surface area contributed by atoms with Crippen LogP contribution >= 0.6 is 0 Å². The zero-order valence-electron chi connectivity index (χ0n) is 8.92. The second-order valence-corrected chi connectivity index (χ2v) is 4.35. The molecule has 0 amide bonds. The fourth-order valence-electron chi connectivity index (χ4n) is 2.21. The Labute approximate surface area is 86.5 Å². The molecular weight excluding hydrogens is 170 g/mol. The molecule has 1 saturated carbocycles. The first-order valence-electron chi connectivity index (χ1n) is 5.63. The highest BCUT2D eigenvalue weighted by molar-refractivity contribution is 5.22. The molecule has 0 heterocycles. The van der Waals surface area contributed by atoms with Gasteiger partial charge in [-0.1, -0.05) is 42.7 Å². The second kappa shape index (κ2) is 4.61. The van der Waals surface area contributed by atoms with Gasteiger partial charge in [-0.2, -0.15) is 0 Å². The van der Waals surface area contributed by atoms with Gasteiger partial charge in [-0.15, -0.1) is 0 Å². The van der Waals surface area contributed by atoms with Crippen molar-refractivity contribution >= 4 is 0 Å². The zero-order valence-corrected chi connectivity index (χ0v) is 8.92. The highest BCUT2D eigenvalue weighted by atomic mass is 14.9. The first-order chi connectivity index (χ1) is 6.84. The van der Waals surface area contributed by atoms with Gasteiger partial charge in [0.15, 0.2) is 0 Å². The van der Waals surface area contributed by atoms with Crippen molar-refractivity contribution in [2.75, 3.05) is 0 Å². The molecule has 0 radical (unpaired) electrons. The molecule has 0 atom stereocenters. The minimum absolute atomic E-state index is 0.774. The molecule has 1 aliphatic rings. The van der Waals surface area contributed by atoms with E-state index >= 15 is 0 Å². The van der Waals surface area contributed by atoms with Crippen molar-refractivity contribution in [3.8, 4) is 0 Å². The lowest BCUT2D eigenvalue weighted by Crippen LogP contribution is -2.25. The summed E-state index contributed by atoms with van der Waals surface area (Å²) in [5.41, 5.74) is 2.77. The van der Waals surface area contributed by atoms with E-state index in [4.69, 9.17) is 0 Å². The normalized spacial score (nSPS) is 17.5. The smallest absolute Gasteiger partial charge is 0.0208 e. The molecule has 1 nitrogen and oxygen atoms in total. The molecule has 0 bridgehead atoms. The van der Waals surface area contributed by atoms with E-state index in [-0.39, 0.29) is 0 Å². The molecule has 1 heteroatoms. The molecule has 0 unspecified atom stereocenters. The van der Waals surface area contributed by atoms with Crippen LogP contribution in [0.15, 0.2) is 24.3 Å². The van der Waals surface area contributed by atoms with Gasteiger partial charge in [-0.25, -0.2) is 0 Å². The van der Waals surface area contributed by atoms with E-state index in [1.165, 1.54) is 36.8 Å². The lowest BCUT2D eigenvalue weighted by Gasteiger charge is -2.11. The third-order valence-corrected chi connectivity index (χ3v) is 3.03. The Hall–Kier alpha value is -0.820. The van der Waals surface area contributed by atoms with Gasteiger partial charge in [0, 0.05) is 12.6 Å². The summed E-state index contributed by atoms with van der Waals surface area (Å²) in [4.78, 5) is 0. The Morgan fingerprint density at radius 1 is 1.29 bits per heavy atom. The van der Waals surface area contributed by atoms with Crippen molar-refractivity contribution in [3.05, 3.63) is 35.4 Å². The monoisotopic (exact) mass is 189 g/mol. The van der Waals surface area contributed by atoms with Crippen molar-refractivity contribution < 1.29 is 0 Å². The van der Waals surface area contributed by atoms with E-state index < -0.39 is 0 Å². The largest absolute Gasteiger partial charge is 0.310 e. The van der Waals surface area contributed by atoms with Crippen LogP contribution in [0, 0.1) is 6.92 Å². The van der Waals surface area contributed by atoms with Gasteiger partial charge in [-0.3, -0.25) is 0 Å². The van der Waals surface area contributed by atoms with Crippen LogP contribution in [0.5, 0.6) is 0 Å². The van der Waals surface area contributed by atoms with E-state index in [9.17, 15) is 0 Å². The Morgan fingerprint density at radius 3 is 2.79 bits per heavy atom.